The first-order valence-corrected chi connectivity index (χ1v) is 11.2. The van der Waals surface area contributed by atoms with Crippen molar-refractivity contribution in [3.05, 3.63) is 18.2 Å². The van der Waals surface area contributed by atoms with Crippen LogP contribution in [0.5, 0.6) is 5.75 Å². The molecule has 1 N–H and O–H groups in total. The molecule has 1 aliphatic carbocycles. The molecule has 152 valence electrons. The number of carbonyl (C=O) groups is 2. The van der Waals surface area contributed by atoms with Gasteiger partial charge in [-0.15, -0.1) is 0 Å². The van der Waals surface area contributed by atoms with Crippen molar-refractivity contribution in [3.63, 3.8) is 0 Å². The van der Waals surface area contributed by atoms with Gasteiger partial charge in [-0.25, -0.2) is 8.42 Å². The number of sulfonamides is 1. The van der Waals surface area contributed by atoms with Crippen LogP contribution < -0.4 is 10.1 Å². The third-order valence-electron chi connectivity index (χ3n) is 5.78. The van der Waals surface area contributed by atoms with Crippen LogP contribution in [-0.4, -0.2) is 61.7 Å². The Morgan fingerprint density at radius 3 is 2.54 bits per heavy atom. The Balaban J connectivity index is 1.46. The lowest BCUT2D eigenvalue weighted by Crippen LogP contribution is -2.52. The molecule has 0 unspecified atom stereocenters. The van der Waals surface area contributed by atoms with Crippen LogP contribution in [0.25, 0.3) is 0 Å². The SMILES string of the molecule is CC[C@@H]1Oc2ccc(S(=O)(=O)N3CCN(C(=O)C4CCC4)CC3)cc2NC1=O. The quantitative estimate of drug-likeness (QED) is 0.815. The minimum atomic E-state index is -3.70. The summed E-state index contributed by atoms with van der Waals surface area (Å²) in [7, 11) is -3.70. The number of benzene rings is 1. The highest BCUT2D eigenvalue weighted by Gasteiger charge is 2.35. The van der Waals surface area contributed by atoms with Crippen molar-refractivity contribution in [1.82, 2.24) is 9.21 Å². The van der Waals surface area contributed by atoms with Crippen molar-refractivity contribution < 1.29 is 22.7 Å². The van der Waals surface area contributed by atoms with E-state index in [1.54, 1.807) is 11.0 Å². The second-order valence-corrected chi connectivity index (χ2v) is 9.46. The number of fused-ring (bicyclic) bond motifs is 1. The summed E-state index contributed by atoms with van der Waals surface area (Å²) in [6.45, 7) is 3.23. The topological polar surface area (TPSA) is 96.0 Å². The zero-order valence-corrected chi connectivity index (χ0v) is 16.7. The highest BCUT2D eigenvalue weighted by atomic mass is 32.2. The molecule has 2 aliphatic heterocycles. The molecule has 1 saturated heterocycles. The van der Waals surface area contributed by atoms with Crippen molar-refractivity contribution in [2.24, 2.45) is 5.92 Å². The van der Waals surface area contributed by atoms with Gasteiger partial charge in [0.25, 0.3) is 5.91 Å². The number of hydrogen-bond donors (Lipinski definition) is 1. The molecule has 2 heterocycles. The van der Waals surface area contributed by atoms with E-state index in [1.807, 2.05) is 6.92 Å². The lowest BCUT2D eigenvalue weighted by molar-refractivity contribution is -0.139. The highest BCUT2D eigenvalue weighted by molar-refractivity contribution is 7.89. The van der Waals surface area contributed by atoms with Gasteiger partial charge in [0.05, 0.1) is 10.6 Å². The number of carbonyl (C=O) groups excluding carboxylic acids is 2. The fourth-order valence-electron chi connectivity index (χ4n) is 3.77. The molecular formula is C19H25N3O5S. The van der Waals surface area contributed by atoms with Gasteiger partial charge in [-0.1, -0.05) is 13.3 Å². The number of hydrogen-bond acceptors (Lipinski definition) is 5. The molecule has 3 aliphatic rings. The van der Waals surface area contributed by atoms with Crippen LogP contribution >= 0.6 is 0 Å². The zero-order valence-electron chi connectivity index (χ0n) is 15.9. The molecule has 2 fully saturated rings. The molecule has 1 aromatic rings. The Morgan fingerprint density at radius 2 is 1.93 bits per heavy atom. The van der Waals surface area contributed by atoms with Crippen molar-refractivity contribution in [2.45, 2.75) is 43.6 Å². The first-order chi connectivity index (χ1) is 13.4. The zero-order chi connectivity index (χ0) is 19.9. The van der Waals surface area contributed by atoms with E-state index in [4.69, 9.17) is 4.74 Å². The fourth-order valence-corrected chi connectivity index (χ4v) is 5.22. The highest BCUT2D eigenvalue weighted by Crippen LogP contribution is 2.34. The number of nitrogens with one attached hydrogen (secondary N) is 1. The van der Waals surface area contributed by atoms with Crippen LogP contribution in [0.3, 0.4) is 0 Å². The van der Waals surface area contributed by atoms with Crippen molar-refractivity contribution in [2.75, 3.05) is 31.5 Å². The lowest BCUT2D eigenvalue weighted by atomic mass is 9.84. The number of ether oxygens (including phenoxy) is 1. The average molecular weight is 407 g/mol. The fraction of sp³-hybridized carbons (Fsp3) is 0.579. The maximum absolute atomic E-state index is 13.0. The minimum absolute atomic E-state index is 0.115. The Labute approximate surface area is 164 Å². The first-order valence-electron chi connectivity index (χ1n) is 9.80. The monoisotopic (exact) mass is 407 g/mol. The Morgan fingerprint density at radius 1 is 1.21 bits per heavy atom. The summed E-state index contributed by atoms with van der Waals surface area (Å²) in [5.74, 6) is 0.482. The van der Waals surface area contributed by atoms with E-state index >= 15 is 0 Å². The average Bonchev–Trinajstić information content (AvgIpc) is 2.65. The molecule has 1 aromatic carbocycles. The second-order valence-electron chi connectivity index (χ2n) is 7.52. The van der Waals surface area contributed by atoms with Gasteiger partial charge in [-0.05, 0) is 37.5 Å². The summed E-state index contributed by atoms with van der Waals surface area (Å²) >= 11 is 0. The smallest absolute Gasteiger partial charge is 0.265 e. The van der Waals surface area contributed by atoms with E-state index in [0.717, 1.165) is 19.3 Å². The van der Waals surface area contributed by atoms with Crippen LogP contribution in [-0.2, 0) is 19.6 Å². The Bertz CT molecular complexity index is 889. The molecule has 4 rings (SSSR count). The third-order valence-corrected chi connectivity index (χ3v) is 7.68. The van der Waals surface area contributed by atoms with E-state index in [2.05, 4.69) is 5.32 Å². The van der Waals surface area contributed by atoms with Gasteiger partial charge >= 0.3 is 0 Å². The van der Waals surface area contributed by atoms with Gasteiger partial charge in [0.1, 0.15) is 5.75 Å². The van der Waals surface area contributed by atoms with Gasteiger partial charge in [-0.3, -0.25) is 9.59 Å². The standard InChI is InChI=1S/C19H25N3O5S/c1-2-16-18(23)20-15-12-14(6-7-17(15)27-16)28(25,26)22-10-8-21(9-11-22)19(24)13-4-3-5-13/h6-7,12-13,16H,2-5,8-11H2,1H3,(H,20,23)/t16-/m0/s1. The van der Waals surface area contributed by atoms with Crippen LogP contribution in [0.4, 0.5) is 5.69 Å². The molecule has 28 heavy (non-hydrogen) atoms. The molecule has 0 bridgehead atoms. The van der Waals surface area contributed by atoms with Crippen LogP contribution in [0.1, 0.15) is 32.6 Å². The van der Waals surface area contributed by atoms with E-state index in [0.29, 0.717) is 30.9 Å². The van der Waals surface area contributed by atoms with E-state index < -0.39 is 16.1 Å². The summed E-state index contributed by atoms with van der Waals surface area (Å²) in [6.07, 6.45) is 2.96. The van der Waals surface area contributed by atoms with Gasteiger partial charge in [0.15, 0.2) is 6.10 Å². The number of amides is 2. The van der Waals surface area contributed by atoms with Crippen molar-refractivity contribution in [3.8, 4) is 5.75 Å². The van der Waals surface area contributed by atoms with Gasteiger partial charge < -0.3 is 15.0 Å². The molecule has 8 nitrogen and oxygen atoms in total. The molecule has 1 atom stereocenters. The van der Waals surface area contributed by atoms with E-state index in [9.17, 15) is 18.0 Å². The number of anilines is 1. The maximum atomic E-state index is 13.0. The Hall–Kier alpha value is -2.13. The second kappa shape index (κ2) is 7.36. The summed E-state index contributed by atoms with van der Waals surface area (Å²) < 4.78 is 33.1. The van der Waals surface area contributed by atoms with Crippen LogP contribution in [0, 0.1) is 5.92 Å². The summed E-state index contributed by atoms with van der Waals surface area (Å²) in [6, 6.07) is 4.53. The predicted molar refractivity (Wildman–Crippen MR) is 102 cm³/mol. The molecule has 2 amide bonds. The molecule has 0 spiro atoms. The number of piperazine rings is 1. The first kappa shape index (κ1) is 19.2. The van der Waals surface area contributed by atoms with Gasteiger partial charge in [-0.2, -0.15) is 4.31 Å². The van der Waals surface area contributed by atoms with Crippen molar-refractivity contribution >= 4 is 27.5 Å². The molecule has 1 saturated carbocycles. The van der Waals surface area contributed by atoms with Crippen LogP contribution in [0.2, 0.25) is 0 Å². The number of rotatable bonds is 4. The van der Waals surface area contributed by atoms with E-state index in [-0.39, 0.29) is 35.7 Å². The third kappa shape index (κ3) is 3.37. The summed E-state index contributed by atoms with van der Waals surface area (Å²) in [5.41, 5.74) is 0.370. The lowest BCUT2D eigenvalue weighted by Gasteiger charge is -2.37. The molecule has 9 heteroatoms. The predicted octanol–water partition coefficient (Wildman–Crippen LogP) is 1.43. The van der Waals surface area contributed by atoms with Gasteiger partial charge in [0.2, 0.25) is 15.9 Å². The minimum Gasteiger partial charge on any atom is -0.478 e. The Kier molecular flexibility index (Phi) is 5.05. The molecule has 0 radical (unpaired) electrons. The number of nitrogens with zero attached hydrogens (tertiary/aromatic N) is 2. The maximum Gasteiger partial charge on any atom is 0.265 e. The summed E-state index contributed by atoms with van der Waals surface area (Å²) in [4.78, 5) is 26.2. The summed E-state index contributed by atoms with van der Waals surface area (Å²) in [5, 5.41) is 2.72. The molecule has 0 aromatic heterocycles. The van der Waals surface area contributed by atoms with Crippen molar-refractivity contribution in [1.29, 1.82) is 0 Å². The van der Waals surface area contributed by atoms with Gasteiger partial charge in [0, 0.05) is 32.1 Å². The van der Waals surface area contributed by atoms with Crippen LogP contribution in [0.15, 0.2) is 23.1 Å². The largest absolute Gasteiger partial charge is 0.478 e. The molecular weight excluding hydrogens is 382 g/mol. The van der Waals surface area contributed by atoms with E-state index in [1.165, 1.54) is 16.4 Å². The normalized spacial score (nSPS) is 23.4.